The van der Waals surface area contributed by atoms with Crippen molar-refractivity contribution in [2.45, 2.75) is 6.54 Å². The molecule has 2 heterocycles. The summed E-state index contributed by atoms with van der Waals surface area (Å²) in [7, 11) is 1.61. The lowest BCUT2D eigenvalue weighted by atomic mass is 10.2. The average Bonchev–Trinajstić information content (AvgIpc) is 3.13. The molecule has 1 aromatic heterocycles. The van der Waals surface area contributed by atoms with Gasteiger partial charge in [-0.3, -0.25) is 9.78 Å². The van der Waals surface area contributed by atoms with Gasteiger partial charge in [0.15, 0.2) is 11.5 Å². The number of methoxy groups -OCH3 is 1. The summed E-state index contributed by atoms with van der Waals surface area (Å²) < 4.78 is 15.7. The van der Waals surface area contributed by atoms with Crippen molar-refractivity contribution in [1.82, 2.24) is 9.88 Å². The van der Waals surface area contributed by atoms with Crippen molar-refractivity contribution in [2.24, 2.45) is 0 Å². The van der Waals surface area contributed by atoms with Crippen molar-refractivity contribution in [3.8, 4) is 11.5 Å². The molecule has 0 unspecified atom stereocenters. The van der Waals surface area contributed by atoms with Crippen LogP contribution in [0, 0.1) is 0 Å². The minimum Gasteiger partial charge on any atom is -0.454 e. The first-order valence-electron chi connectivity index (χ1n) is 8.12. The van der Waals surface area contributed by atoms with Crippen LogP contribution in [0.1, 0.15) is 11.3 Å². The van der Waals surface area contributed by atoms with Crippen LogP contribution < -0.4 is 9.47 Å². The maximum absolute atomic E-state index is 12.6. The number of amides is 1. The SMILES string of the molecule is COCCN(Cc1ccccn1)C(=O)/C=C/c1cc(Cl)c2c(c1)OCO2. The van der Waals surface area contributed by atoms with Gasteiger partial charge in [-0.05, 0) is 35.9 Å². The van der Waals surface area contributed by atoms with Gasteiger partial charge in [0.05, 0.1) is 23.9 Å². The fourth-order valence-electron chi connectivity index (χ4n) is 2.51. The van der Waals surface area contributed by atoms with Gasteiger partial charge in [-0.25, -0.2) is 0 Å². The van der Waals surface area contributed by atoms with E-state index in [1.807, 2.05) is 18.2 Å². The first-order valence-corrected chi connectivity index (χ1v) is 8.50. The predicted molar refractivity (Wildman–Crippen MR) is 98.1 cm³/mol. The van der Waals surface area contributed by atoms with Crippen molar-refractivity contribution in [3.63, 3.8) is 0 Å². The molecule has 0 aliphatic carbocycles. The predicted octanol–water partition coefficient (Wildman–Crippen LogP) is 3.15. The quantitative estimate of drug-likeness (QED) is 0.697. The molecule has 2 aromatic rings. The molecule has 0 fully saturated rings. The molecule has 0 N–H and O–H groups in total. The zero-order valence-electron chi connectivity index (χ0n) is 14.4. The lowest BCUT2D eigenvalue weighted by Crippen LogP contribution is -2.32. The summed E-state index contributed by atoms with van der Waals surface area (Å²) in [6.45, 7) is 1.48. The number of ether oxygens (including phenoxy) is 3. The Morgan fingerprint density at radius 3 is 3.04 bits per heavy atom. The molecular weight excluding hydrogens is 356 g/mol. The largest absolute Gasteiger partial charge is 0.454 e. The van der Waals surface area contributed by atoms with E-state index in [0.717, 1.165) is 11.3 Å². The zero-order chi connectivity index (χ0) is 18.4. The molecular formula is C19H19ClN2O4. The van der Waals surface area contributed by atoms with Crippen LogP contribution in [-0.2, 0) is 16.1 Å². The van der Waals surface area contributed by atoms with Gasteiger partial charge in [0.2, 0.25) is 12.7 Å². The molecule has 26 heavy (non-hydrogen) atoms. The highest BCUT2D eigenvalue weighted by Gasteiger charge is 2.18. The Labute approximate surface area is 156 Å². The van der Waals surface area contributed by atoms with E-state index in [4.69, 9.17) is 25.8 Å². The molecule has 1 aromatic carbocycles. The fraction of sp³-hybridized carbons (Fsp3) is 0.263. The first-order chi connectivity index (χ1) is 12.7. The van der Waals surface area contributed by atoms with Gasteiger partial charge in [0, 0.05) is 25.9 Å². The minimum absolute atomic E-state index is 0.138. The Morgan fingerprint density at radius 1 is 1.38 bits per heavy atom. The maximum Gasteiger partial charge on any atom is 0.247 e. The fourth-order valence-corrected chi connectivity index (χ4v) is 2.79. The smallest absolute Gasteiger partial charge is 0.247 e. The van der Waals surface area contributed by atoms with Gasteiger partial charge >= 0.3 is 0 Å². The molecule has 0 radical (unpaired) electrons. The van der Waals surface area contributed by atoms with Crippen LogP contribution in [0.25, 0.3) is 6.08 Å². The Kier molecular flexibility index (Phi) is 6.09. The molecule has 0 saturated carbocycles. The molecule has 1 aliphatic heterocycles. The Hall–Kier alpha value is -2.57. The number of hydrogen-bond donors (Lipinski definition) is 0. The van der Waals surface area contributed by atoms with Crippen molar-refractivity contribution < 1.29 is 19.0 Å². The summed E-state index contributed by atoms with van der Waals surface area (Å²) in [5.41, 5.74) is 1.58. The number of pyridine rings is 1. The monoisotopic (exact) mass is 374 g/mol. The van der Waals surface area contributed by atoms with Gasteiger partial charge in [0.1, 0.15) is 0 Å². The van der Waals surface area contributed by atoms with E-state index in [2.05, 4.69) is 4.98 Å². The third kappa shape index (κ3) is 4.53. The number of fused-ring (bicyclic) bond motifs is 1. The van der Waals surface area contributed by atoms with Crippen LogP contribution in [-0.4, -0.2) is 42.8 Å². The molecule has 0 spiro atoms. The van der Waals surface area contributed by atoms with Gasteiger partial charge in [0.25, 0.3) is 0 Å². The summed E-state index contributed by atoms with van der Waals surface area (Å²) in [4.78, 5) is 18.6. The summed E-state index contributed by atoms with van der Waals surface area (Å²) >= 11 is 6.17. The first kappa shape index (κ1) is 18.2. The molecule has 1 amide bonds. The lowest BCUT2D eigenvalue weighted by Gasteiger charge is -2.20. The van der Waals surface area contributed by atoms with E-state index in [9.17, 15) is 4.79 Å². The second-order valence-electron chi connectivity index (χ2n) is 5.64. The van der Waals surface area contributed by atoms with E-state index < -0.39 is 0 Å². The highest BCUT2D eigenvalue weighted by molar-refractivity contribution is 6.32. The molecule has 1 aliphatic rings. The van der Waals surface area contributed by atoms with Gasteiger partial charge < -0.3 is 19.1 Å². The second kappa shape index (κ2) is 8.69. The van der Waals surface area contributed by atoms with E-state index in [0.29, 0.717) is 36.2 Å². The lowest BCUT2D eigenvalue weighted by molar-refractivity contribution is -0.127. The Morgan fingerprint density at radius 2 is 2.27 bits per heavy atom. The summed E-state index contributed by atoms with van der Waals surface area (Å²) in [6, 6.07) is 9.14. The van der Waals surface area contributed by atoms with Crippen molar-refractivity contribution >= 4 is 23.6 Å². The second-order valence-corrected chi connectivity index (χ2v) is 6.05. The van der Waals surface area contributed by atoms with E-state index in [1.165, 1.54) is 6.08 Å². The number of aromatic nitrogens is 1. The topological polar surface area (TPSA) is 60.9 Å². The average molecular weight is 375 g/mol. The number of benzene rings is 1. The van der Waals surface area contributed by atoms with Gasteiger partial charge in [-0.2, -0.15) is 0 Å². The van der Waals surface area contributed by atoms with Crippen LogP contribution in [0.15, 0.2) is 42.6 Å². The molecule has 7 heteroatoms. The summed E-state index contributed by atoms with van der Waals surface area (Å²) in [5.74, 6) is 0.975. The number of nitrogens with zero attached hydrogens (tertiary/aromatic N) is 2. The third-order valence-corrected chi connectivity index (χ3v) is 4.10. The number of halogens is 1. The molecule has 3 rings (SSSR count). The third-order valence-electron chi connectivity index (χ3n) is 3.82. The van der Waals surface area contributed by atoms with Gasteiger partial charge in [-0.15, -0.1) is 0 Å². The normalized spacial score (nSPS) is 12.5. The van der Waals surface area contributed by atoms with Crippen LogP contribution in [0.5, 0.6) is 11.5 Å². The Bertz CT molecular complexity index is 796. The summed E-state index contributed by atoms with van der Waals surface area (Å²) in [5, 5.41) is 0.455. The Balaban J connectivity index is 1.72. The number of hydrogen-bond acceptors (Lipinski definition) is 5. The van der Waals surface area contributed by atoms with Gasteiger partial charge in [-0.1, -0.05) is 17.7 Å². The highest BCUT2D eigenvalue weighted by Crippen LogP contribution is 2.40. The standard InChI is InChI=1S/C19H19ClN2O4/c1-24-9-8-22(12-15-4-2-3-7-21-15)18(23)6-5-14-10-16(20)19-17(11-14)25-13-26-19/h2-7,10-11H,8-9,12-13H2,1H3/b6-5+. The number of carbonyl (C=O) groups excluding carboxylic acids is 1. The molecule has 0 atom stereocenters. The van der Waals surface area contributed by atoms with E-state index in [-0.39, 0.29) is 12.7 Å². The van der Waals surface area contributed by atoms with Crippen molar-refractivity contribution in [1.29, 1.82) is 0 Å². The van der Waals surface area contributed by atoms with Crippen LogP contribution >= 0.6 is 11.6 Å². The molecule has 6 nitrogen and oxygen atoms in total. The van der Waals surface area contributed by atoms with Crippen LogP contribution in [0.4, 0.5) is 0 Å². The van der Waals surface area contributed by atoms with E-state index in [1.54, 1.807) is 36.4 Å². The maximum atomic E-state index is 12.6. The van der Waals surface area contributed by atoms with Crippen molar-refractivity contribution in [3.05, 3.63) is 58.9 Å². The summed E-state index contributed by atoms with van der Waals surface area (Å²) in [6.07, 6.45) is 4.92. The van der Waals surface area contributed by atoms with E-state index >= 15 is 0 Å². The molecule has 0 saturated heterocycles. The molecule has 0 bridgehead atoms. The van der Waals surface area contributed by atoms with Crippen LogP contribution in [0.3, 0.4) is 0 Å². The van der Waals surface area contributed by atoms with Crippen molar-refractivity contribution in [2.75, 3.05) is 27.1 Å². The van der Waals surface area contributed by atoms with Crippen LogP contribution in [0.2, 0.25) is 5.02 Å². The highest BCUT2D eigenvalue weighted by atomic mass is 35.5. The number of rotatable bonds is 7. The zero-order valence-corrected chi connectivity index (χ0v) is 15.1. The minimum atomic E-state index is -0.138. The number of carbonyl (C=O) groups is 1. The molecule has 136 valence electrons.